The van der Waals surface area contributed by atoms with Crippen LogP contribution in [0, 0.1) is 0 Å². The van der Waals surface area contributed by atoms with Crippen LogP contribution in [0.15, 0.2) is 0 Å². The second-order valence-electron chi connectivity index (χ2n) is 24.0. The summed E-state index contributed by atoms with van der Waals surface area (Å²) >= 11 is 0. The van der Waals surface area contributed by atoms with Crippen LogP contribution in [0.4, 0.5) is 0 Å². The van der Waals surface area contributed by atoms with Crippen LogP contribution in [0.3, 0.4) is 0 Å². The second kappa shape index (κ2) is 50.5. The highest BCUT2D eigenvalue weighted by Gasteiger charge is 2.51. The number of carbonyl (C=O) groups excluding carboxylic acids is 1. The third-order valence-corrected chi connectivity index (χ3v) is 16.8. The molecule has 12 unspecified atom stereocenters. The molecule has 1 amide bonds. The van der Waals surface area contributed by atoms with Crippen molar-refractivity contribution in [3.8, 4) is 0 Å². The first kappa shape index (κ1) is 73.1. The molecule has 464 valence electrons. The Morgan fingerprint density at radius 2 is 0.731 bits per heavy atom. The lowest BCUT2D eigenvalue weighted by molar-refractivity contribution is -0.359. The quantitative estimate of drug-likeness (QED) is 0.0259. The Balaban J connectivity index is 1.69. The Morgan fingerprint density at radius 1 is 0.410 bits per heavy atom. The number of rotatable bonds is 55. The highest BCUT2D eigenvalue weighted by atomic mass is 16.7. The van der Waals surface area contributed by atoms with Gasteiger partial charge in [0.2, 0.25) is 5.91 Å². The van der Waals surface area contributed by atoms with Crippen molar-refractivity contribution in [1.82, 2.24) is 5.32 Å². The molecule has 0 aromatic heterocycles. The van der Waals surface area contributed by atoms with Crippen LogP contribution in [-0.4, -0.2) is 140 Å². The van der Waals surface area contributed by atoms with Crippen LogP contribution < -0.4 is 5.32 Å². The smallest absolute Gasteiger partial charge is 0.220 e. The van der Waals surface area contributed by atoms with Crippen LogP contribution >= 0.6 is 0 Å². The fourth-order valence-corrected chi connectivity index (χ4v) is 11.5. The summed E-state index contributed by atoms with van der Waals surface area (Å²) in [6.45, 7) is 2.92. The number of ether oxygens (including phenoxy) is 4. The van der Waals surface area contributed by atoms with Gasteiger partial charge < -0.3 is 65.1 Å². The maximum absolute atomic E-state index is 13.3. The van der Waals surface area contributed by atoms with Gasteiger partial charge in [0.25, 0.3) is 0 Å². The highest BCUT2D eigenvalue weighted by molar-refractivity contribution is 5.76. The van der Waals surface area contributed by atoms with E-state index in [1.165, 1.54) is 231 Å². The maximum Gasteiger partial charge on any atom is 0.220 e. The lowest BCUT2D eigenvalue weighted by Gasteiger charge is -2.46. The molecule has 2 aliphatic heterocycles. The number of aliphatic hydroxyl groups is 8. The number of carbonyl (C=O) groups is 1. The molecule has 0 bridgehead atoms. The van der Waals surface area contributed by atoms with Crippen molar-refractivity contribution in [2.24, 2.45) is 0 Å². The first-order valence-corrected chi connectivity index (χ1v) is 33.3. The number of hydrogen-bond acceptors (Lipinski definition) is 13. The molecule has 14 heteroatoms. The summed E-state index contributed by atoms with van der Waals surface area (Å²) in [5.41, 5.74) is 0. The molecule has 9 N–H and O–H groups in total. The van der Waals surface area contributed by atoms with Crippen LogP contribution in [0.2, 0.25) is 0 Å². The van der Waals surface area contributed by atoms with E-state index in [2.05, 4.69) is 19.2 Å². The van der Waals surface area contributed by atoms with E-state index < -0.39 is 86.8 Å². The monoisotopic (exact) mass is 1120 g/mol. The van der Waals surface area contributed by atoms with Crippen LogP contribution in [0.5, 0.6) is 0 Å². The van der Waals surface area contributed by atoms with E-state index >= 15 is 0 Å². The number of hydrogen-bond donors (Lipinski definition) is 9. The largest absolute Gasteiger partial charge is 0.394 e. The predicted octanol–water partition coefficient (Wildman–Crippen LogP) is 12.5. The zero-order valence-electron chi connectivity index (χ0n) is 50.2. The van der Waals surface area contributed by atoms with Gasteiger partial charge in [-0.3, -0.25) is 4.79 Å². The molecule has 0 radical (unpaired) electrons. The van der Waals surface area contributed by atoms with E-state index in [1.807, 2.05) is 0 Å². The molecule has 0 aromatic rings. The lowest BCUT2D eigenvalue weighted by Crippen LogP contribution is -2.65. The van der Waals surface area contributed by atoms with Crippen molar-refractivity contribution in [2.45, 2.75) is 383 Å². The van der Waals surface area contributed by atoms with Crippen molar-refractivity contribution in [3.63, 3.8) is 0 Å². The second-order valence-corrected chi connectivity index (χ2v) is 24.0. The van der Waals surface area contributed by atoms with E-state index in [4.69, 9.17) is 18.9 Å². The zero-order valence-corrected chi connectivity index (χ0v) is 50.2. The standard InChI is InChI=1S/C64H125NO13/c1-3-5-7-9-11-13-15-17-19-21-23-24-25-26-27-28-30-32-34-36-38-40-42-44-46-48-56(69)65-52(53(68)47-45-43-41-39-37-35-33-31-29-22-20-18-16-14-12-10-8-6-4-2)51-75-63-61(74)59(72)62(55(50-67)77-63)78-64-60(73)58(71)57(70)54(49-66)76-64/h52-55,57-64,66-68,70-74H,3-51H2,1-2H3,(H,65,69). The van der Waals surface area contributed by atoms with Crippen LogP contribution in [-0.2, 0) is 23.7 Å². The average Bonchev–Trinajstić information content (AvgIpc) is 3.44. The Morgan fingerprint density at radius 3 is 1.09 bits per heavy atom. The first-order chi connectivity index (χ1) is 38.1. The predicted molar refractivity (Wildman–Crippen MR) is 314 cm³/mol. The normalized spacial score (nSPS) is 24.4. The minimum absolute atomic E-state index is 0.198. The van der Waals surface area contributed by atoms with Gasteiger partial charge in [0, 0.05) is 6.42 Å². The molecule has 0 spiro atoms. The summed E-state index contributed by atoms with van der Waals surface area (Å²) in [5.74, 6) is -0.198. The summed E-state index contributed by atoms with van der Waals surface area (Å²) in [7, 11) is 0. The van der Waals surface area contributed by atoms with Gasteiger partial charge in [-0.25, -0.2) is 0 Å². The number of unbranched alkanes of at least 4 members (excludes halogenated alkanes) is 42. The molecule has 2 heterocycles. The SMILES string of the molecule is CCCCCCCCCCCCCCCCCCCCCCCCCCCC(=O)NC(COC1OC(CO)C(OC2OC(CO)C(O)C(O)C2O)C(O)C1O)C(O)CCCCCCCCCCCCCCCCCCCCC. The van der Waals surface area contributed by atoms with Crippen LogP contribution in [0.1, 0.15) is 309 Å². The number of aliphatic hydroxyl groups excluding tert-OH is 8. The molecule has 2 rings (SSSR count). The molecular formula is C64H125NO13. The molecule has 2 fully saturated rings. The fourth-order valence-electron chi connectivity index (χ4n) is 11.5. The fraction of sp³-hybridized carbons (Fsp3) is 0.984. The summed E-state index contributed by atoms with van der Waals surface area (Å²) in [6, 6.07) is -0.823. The van der Waals surface area contributed by atoms with Crippen molar-refractivity contribution in [2.75, 3.05) is 19.8 Å². The van der Waals surface area contributed by atoms with Gasteiger partial charge in [-0.05, 0) is 12.8 Å². The Labute approximate surface area is 476 Å². The van der Waals surface area contributed by atoms with Gasteiger partial charge >= 0.3 is 0 Å². The molecule has 2 saturated heterocycles. The summed E-state index contributed by atoms with van der Waals surface area (Å²) in [4.78, 5) is 13.3. The molecule has 2 aliphatic rings. The van der Waals surface area contributed by atoms with Crippen molar-refractivity contribution in [1.29, 1.82) is 0 Å². The first-order valence-electron chi connectivity index (χ1n) is 33.3. The third kappa shape index (κ3) is 35.2. The Hall–Kier alpha value is -1.01. The molecule has 78 heavy (non-hydrogen) atoms. The molecule has 12 atom stereocenters. The topological polar surface area (TPSA) is 228 Å². The minimum atomic E-state index is -1.78. The maximum atomic E-state index is 13.3. The van der Waals surface area contributed by atoms with Gasteiger partial charge in [-0.2, -0.15) is 0 Å². The van der Waals surface area contributed by atoms with Crippen LogP contribution in [0.25, 0.3) is 0 Å². The number of amides is 1. The molecule has 0 aliphatic carbocycles. The minimum Gasteiger partial charge on any atom is -0.394 e. The number of nitrogens with one attached hydrogen (secondary N) is 1. The van der Waals surface area contributed by atoms with E-state index in [0.717, 1.165) is 51.4 Å². The molecule has 0 saturated carbocycles. The zero-order chi connectivity index (χ0) is 56.7. The van der Waals surface area contributed by atoms with Gasteiger partial charge in [0.1, 0.15) is 48.8 Å². The Kier molecular flexibility index (Phi) is 47.3. The van der Waals surface area contributed by atoms with Crippen molar-refractivity contribution in [3.05, 3.63) is 0 Å². The third-order valence-electron chi connectivity index (χ3n) is 16.8. The molecule has 0 aromatic carbocycles. The van der Waals surface area contributed by atoms with Gasteiger partial charge in [-0.15, -0.1) is 0 Å². The van der Waals surface area contributed by atoms with E-state index in [9.17, 15) is 45.6 Å². The van der Waals surface area contributed by atoms with E-state index in [-0.39, 0.29) is 12.5 Å². The van der Waals surface area contributed by atoms with Gasteiger partial charge in [0.05, 0.1) is 32.0 Å². The van der Waals surface area contributed by atoms with Gasteiger partial charge in [-0.1, -0.05) is 290 Å². The molecule has 14 nitrogen and oxygen atoms in total. The summed E-state index contributed by atoms with van der Waals surface area (Å²) in [6.07, 6.45) is 41.1. The lowest BCUT2D eigenvalue weighted by atomic mass is 9.97. The Bertz CT molecular complexity index is 1310. The molecular weight excluding hydrogens is 991 g/mol. The van der Waals surface area contributed by atoms with E-state index in [0.29, 0.717) is 12.8 Å². The summed E-state index contributed by atoms with van der Waals surface area (Å²) in [5, 5.41) is 87.5. The highest BCUT2D eigenvalue weighted by Crippen LogP contribution is 2.30. The summed E-state index contributed by atoms with van der Waals surface area (Å²) < 4.78 is 22.9. The average molecular weight is 1120 g/mol. The van der Waals surface area contributed by atoms with Crippen molar-refractivity contribution < 1.29 is 64.6 Å². The van der Waals surface area contributed by atoms with E-state index in [1.54, 1.807) is 0 Å². The van der Waals surface area contributed by atoms with Crippen molar-refractivity contribution >= 4 is 5.91 Å². The van der Waals surface area contributed by atoms with Gasteiger partial charge in [0.15, 0.2) is 12.6 Å².